The number of ether oxygens (including phenoxy) is 2. The zero-order valence-electron chi connectivity index (χ0n) is 14.1. The van der Waals surface area contributed by atoms with Crippen molar-refractivity contribution >= 4 is 35.0 Å². The van der Waals surface area contributed by atoms with Crippen molar-refractivity contribution in [3.8, 4) is 11.5 Å². The average molecular weight is 365 g/mol. The minimum atomic E-state index is -0.621. The van der Waals surface area contributed by atoms with Gasteiger partial charge in [0.1, 0.15) is 6.54 Å². The number of imide groups is 1. The minimum Gasteiger partial charge on any atom is -0.504 e. The quantitative estimate of drug-likeness (QED) is 0.612. The average Bonchev–Trinajstić information content (AvgIpc) is 2.83. The van der Waals surface area contributed by atoms with E-state index in [2.05, 4.69) is 0 Å². The Morgan fingerprint density at radius 1 is 1.40 bits per heavy atom. The fraction of sp³-hybridized carbons (Fsp3) is 0.353. The molecule has 0 aromatic heterocycles. The summed E-state index contributed by atoms with van der Waals surface area (Å²) in [7, 11) is 1.41. The Labute approximate surface area is 149 Å². The van der Waals surface area contributed by atoms with Crippen LogP contribution in [0.4, 0.5) is 4.79 Å². The number of carbonyl (C=O) groups is 3. The van der Waals surface area contributed by atoms with Crippen molar-refractivity contribution in [2.24, 2.45) is 0 Å². The van der Waals surface area contributed by atoms with Crippen LogP contribution < -0.4 is 4.74 Å². The van der Waals surface area contributed by atoms with E-state index in [1.165, 1.54) is 19.3 Å². The molecule has 2 amide bonds. The van der Waals surface area contributed by atoms with Crippen LogP contribution in [-0.4, -0.2) is 46.9 Å². The lowest BCUT2D eigenvalue weighted by atomic mass is 10.2. The van der Waals surface area contributed by atoms with Crippen LogP contribution in [0.2, 0.25) is 0 Å². The number of hydrogen-bond donors (Lipinski definition) is 1. The van der Waals surface area contributed by atoms with Crippen LogP contribution in [0.3, 0.4) is 0 Å². The Hall–Kier alpha value is -2.48. The summed E-state index contributed by atoms with van der Waals surface area (Å²) in [4.78, 5) is 37.2. The van der Waals surface area contributed by atoms with Gasteiger partial charge in [-0.2, -0.15) is 0 Å². The fourth-order valence-electron chi connectivity index (χ4n) is 2.05. The summed E-state index contributed by atoms with van der Waals surface area (Å²) >= 11 is 0.748. The minimum absolute atomic E-state index is 0.0273. The largest absolute Gasteiger partial charge is 0.504 e. The van der Waals surface area contributed by atoms with E-state index in [1.54, 1.807) is 19.1 Å². The molecule has 0 unspecified atom stereocenters. The SMILES string of the molecule is CC[C@@H](C)OC(=O)CN1C(=O)S/C(=C/c2ccc(O)c(OC)c2)C1=O. The number of methoxy groups -OCH3 is 1. The van der Waals surface area contributed by atoms with Crippen molar-refractivity contribution in [3.05, 3.63) is 28.7 Å². The summed E-state index contributed by atoms with van der Waals surface area (Å²) in [5.74, 6) is -0.946. The standard InChI is InChI=1S/C17H19NO6S/c1-4-10(2)24-15(20)9-18-16(21)14(25-17(18)22)8-11-5-6-12(19)13(7-11)23-3/h5-8,10,19H,4,9H2,1-3H3/b14-8+/t10-/m1/s1. The molecule has 0 spiro atoms. The molecule has 0 radical (unpaired) electrons. The number of hydrogen-bond acceptors (Lipinski definition) is 7. The van der Waals surface area contributed by atoms with Gasteiger partial charge in [-0.05, 0) is 48.9 Å². The monoisotopic (exact) mass is 365 g/mol. The Kier molecular flexibility index (Phi) is 6.08. The Balaban J connectivity index is 2.13. The van der Waals surface area contributed by atoms with E-state index >= 15 is 0 Å². The number of rotatable bonds is 6. The van der Waals surface area contributed by atoms with Crippen LogP contribution in [0.1, 0.15) is 25.8 Å². The molecule has 1 atom stereocenters. The number of aromatic hydroxyl groups is 1. The molecule has 134 valence electrons. The van der Waals surface area contributed by atoms with Gasteiger partial charge in [0.25, 0.3) is 11.1 Å². The molecule has 1 fully saturated rings. The van der Waals surface area contributed by atoms with E-state index in [0.717, 1.165) is 16.7 Å². The summed E-state index contributed by atoms with van der Waals surface area (Å²) in [5, 5.41) is 9.07. The van der Waals surface area contributed by atoms with E-state index in [-0.39, 0.29) is 22.5 Å². The van der Waals surface area contributed by atoms with Gasteiger partial charge in [-0.25, -0.2) is 0 Å². The van der Waals surface area contributed by atoms with Gasteiger partial charge in [-0.15, -0.1) is 0 Å². The first-order valence-corrected chi connectivity index (χ1v) is 8.49. The van der Waals surface area contributed by atoms with Crippen molar-refractivity contribution < 1.29 is 29.0 Å². The van der Waals surface area contributed by atoms with Gasteiger partial charge in [-0.3, -0.25) is 19.3 Å². The van der Waals surface area contributed by atoms with Crippen LogP contribution in [0.15, 0.2) is 23.1 Å². The molecule has 1 aliphatic heterocycles. The first-order chi connectivity index (χ1) is 11.8. The molecule has 2 rings (SSSR count). The third-order valence-electron chi connectivity index (χ3n) is 3.57. The maximum absolute atomic E-state index is 12.4. The summed E-state index contributed by atoms with van der Waals surface area (Å²) < 4.78 is 10.1. The number of esters is 1. The zero-order valence-corrected chi connectivity index (χ0v) is 15.0. The van der Waals surface area contributed by atoms with Crippen molar-refractivity contribution in [1.29, 1.82) is 0 Å². The van der Waals surface area contributed by atoms with Gasteiger partial charge in [-0.1, -0.05) is 13.0 Å². The lowest BCUT2D eigenvalue weighted by Crippen LogP contribution is -2.35. The van der Waals surface area contributed by atoms with Gasteiger partial charge in [0.15, 0.2) is 11.5 Å². The molecule has 1 heterocycles. The topological polar surface area (TPSA) is 93.1 Å². The molecule has 0 bridgehead atoms. The molecular weight excluding hydrogens is 346 g/mol. The van der Waals surface area contributed by atoms with Crippen molar-refractivity contribution in [2.45, 2.75) is 26.4 Å². The van der Waals surface area contributed by atoms with E-state index in [0.29, 0.717) is 12.0 Å². The third kappa shape index (κ3) is 4.54. The number of phenolic OH excluding ortho intramolecular Hbond substituents is 1. The first-order valence-electron chi connectivity index (χ1n) is 7.67. The summed E-state index contributed by atoms with van der Waals surface area (Å²) in [6, 6.07) is 4.56. The van der Waals surface area contributed by atoms with Gasteiger partial charge in [0.05, 0.1) is 18.1 Å². The summed E-state index contributed by atoms with van der Waals surface area (Å²) in [6.07, 6.45) is 1.88. The van der Waals surface area contributed by atoms with Gasteiger partial charge in [0, 0.05) is 0 Å². The van der Waals surface area contributed by atoms with Crippen LogP contribution in [-0.2, 0) is 14.3 Å². The fourth-order valence-corrected chi connectivity index (χ4v) is 2.88. The molecule has 7 nitrogen and oxygen atoms in total. The predicted octanol–water partition coefficient (Wildman–Crippen LogP) is 2.78. The molecule has 25 heavy (non-hydrogen) atoms. The highest BCUT2D eigenvalue weighted by atomic mass is 32.2. The highest BCUT2D eigenvalue weighted by molar-refractivity contribution is 8.18. The predicted molar refractivity (Wildman–Crippen MR) is 93.2 cm³/mol. The number of phenols is 1. The van der Waals surface area contributed by atoms with Crippen molar-refractivity contribution in [2.75, 3.05) is 13.7 Å². The number of amides is 2. The van der Waals surface area contributed by atoms with Crippen molar-refractivity contribution in [1.82, 2.24) is 4.90 Å². The van der Waals surface area contributed by atoms with E-state index in [4.69, 9.17) is 9.47 Å². The molecule has 1 aromatic carbocycles. The van der Waals surface area contributed by atoms with Crippen LogP contribution in [0, 0.1) is 0 Å². The molecule has 1 saturated heterocycles. The Morgan fingerprint density at radius 3 is 2.76 bits per heavy atom. The van der Waals surface area contributed by atoms with Gasteiger partial charge >= 0.3 is 5.97 Å². The molecule has 1 aromatic rings. The van der Waals surface area contributed by atoms with Gasteiger partial charge in [0.2, 0.25) is 0 Å². The van der Waals surface area contributed by atoms with Crippen LogP contribution in [0.25, 0.3) is 6.08 Å². The Morgan fingerprint density at radius 2 is 2.12 bits per heavy atom. The maximum Gasteiger partial charge on any atom is 0.326 e. The highest BCUT2D eigenvalue weighted by Gasteiger charge is 2.36. The second-order valence-corrected chi connectivity index (χ2v) is 6.40. The second-order valence-electron chi connectivity index (χ2n) is 5.41. The molecule has 1 aliphatic rings. The lowest BCUT2D eigenvalue weighted by molar-refractivity contribution is -0.150. The molecular formula is C17H19NO6S. The highest BCUT2D eigenvalue weighted by Crippen LogP contribution is 2.34. The van der Waals surface area contributed by atoms with E-state index in [9.17, 15) is 19.5 Å². The number of benzene rings is 1. The molecule has 0 saturated carbocycles. The molecule has 1 N–H and O–H groups in total. The maximum atomic E-state index is 12.4. The van der Waals surface area contributed by atoms with Crippen LogP contribution in [0.5, 0.6) is 11.5 Å². The van der Waals surface area contributed by atoms with E-state index < -0.39 is 23.7 Å². The second kappa shape index (κ2) is 8.06. The normalized spacial score (nSPS) is 17.1. The number of nitrogens with zero attached hydrogens (tertiary/aromatic N) is 1. The van der Waals surface area contributed by atoms with Crippen LogP contribution >= 0.6 is 11.8 Å². The van der Waals surface area contributed by atoms with E-state index in [1.807, 2.05) is 6.92 Å². The first kappa shape index (κ1) is 18.9. The Bertz CT molecular complexity index is 730. The van der Waals surface area contributed by atoms with Gasteiger partial charge < -0.3 is 14.6 Å². The summed E-state index contributed by atoms with van der Waals surface area (Å²) in [6.45, 7) is 3.20. The molecule has 0 aliphatic carbocycles. The lowest BCUT2D eigenvalue weighted by Gasteiger charge is -2.14. The summed E-state index contributed by atoms with van der Waals surface area (Å²) in [5.41, 5.74) is 0.585. The molecule has 8 heteroatoms. The third-order valence-corrected chi connectivity index (χ3v) is 4.48. The number of thioether (sulfide) groups is 1. The number of carbonyl (C=O) groups excluding carboxylic acids is 3. The smallest absolute Gasteiger partial charge is 0.326 e. The zero-order chi connectivity index (χ0) is 18.6. The van der Waals surface area contributed by atoms with Crippen molar-refractivity contribution in [3.63, 3.8) is 0 Å².